The van der Waals surface area contributed by atoms with E-state index >= 15 is 0 Å². The zero-order valence-corrected chi connectivity index (χ0v) is 14.5. The van der Waals surface area contributed by atoms with E-state index in [1.165, 1.54) is 0 Å². The highest BCUT2D eigenvalue weighted by Gasteiger charge is 2.24. The molecule has 0 N–H and O–H groups in total. The first-order valence-corrected chi connectivity index (χ1v) is 8.47. The van der Waals surface area contributed by atoms with E-state index in [0.29, 0.717) is 24.1 Å². The molecule has 0 spiro atoms. The van der Waals surface area contributed by atoms with Crippen LogP contribution in [0.5, 0.6) is 5.75 Å². The molecule has 0 atom stereocenters. The maximum Gasteiger partial charge on any atom is 0.324 e. The second kappa shape index (κ2) is 7.24. The van der Waals surface area contributed by atoms with Gasteiger partial charge in [-0.1, -0.05) is 19.0 Å². The third-order valence-corrected chi connectivity index (χ3v) is 4.37. The Balaban J connectivity index is 1.49. The molecular weight excluding hydrogens is 303 g/mol. The molecule has 0 amide bonds. The lowest BCUT2D eigenvalue weighted by molar-refractivity contribution is 0.218. The van der Waals surface area contributed by atoms with Gasteiger partial charge in [-0.25, -0.2) is 0 Å². The van der Waals surface area contributed by atoms with Crippen molar-refractivity contribution in [3.8, 4) is 5.75 Å². The molecule has 2 radical (unpaired) electrons. The van der Waals surface area contributed by atoms with Crippen LogP contribution < -0.4 is 15.2 Å². The smallest absolute Gasteiger partial charge is 0.324 e. The Morgan fingerprint density at radius 2 is 2.04 bits per heavy atom. The van der Waals surface area contributed by atoms with E-state index in [2.05, 4.69) is 33.9 Å². The van der Waals surface area contributed by atoms with Gasteiger partial charge in [0.05, 0.1) is 12.3 Å². The van der Waals surface area contributed by atoms with E-state index < -0.39 is 0 Å². The monoisotopic (exact) mass is 326 g/mol. The Morgan fingerprint density at radius 3 is 2.67 bits per heavy atom. The summed E-state index contributed by atoms with van der Waals surface area (Å²) in [5.74, 6) is 2.38. The molecule has 3 heterocycles. The number of hydrogen-bond acceptors (Lipinski definition) is 6. The van der Waals surface area contributed by atoms with Crippen molar-refractivity contribution in [1.29, 1.82) is 0 Å². The van der Waals surface area contributed by atoms with Crippen molar-refractivity contribution in [2.24, 2.45) is 5.92 Å². The molecule has 6 nitrogen and oxygen atoms in total. The second-order valence-corrected chi connectivity index (χ2v) is 6.65. The lowest BCUT2D eigenvalue weighted by Crippen LogP contribution is -2.35. The van der Waals surface area contributed by atoms with Crippen molar-refractivity contribution >= 4 is 19.5 Å². The number of anilines is 1. The van der Waals surface area contributed by atoms with Crippen LogP contribution in [0.2, 0.25) is 0 Å². The molecule has 126 valence electrons. The van der Waals surface area contributed by atoms with Gasteiger partial charge in [-0.15, -0.1) is 0 Å². The Labute approximate surface area is 144 Å². The summed E-state index contributed by atoms with van der Waals surface area (Å²) in [6.45, 7) is 8.55. The molecular formula is C17H23BN4O2. The Morgan fingerprint density at radius 1 is 1.29 bits per heavy atom. The highest BCUT2D eigenvalue weighted by molar-refractivity contribution is 6.30. The Hall–Kier alpha value is -2.05. The molecule has 1 saturated heterocycles. The standard InChI is InChI=1S/C17H23BN4O2/c1-11(2)16-20-17(24-21-16)22-8-6-13(7-9-22)10-23-14-4-5-15(18)19-12(14)3/h4-5,11,13H,6-10H2,1-3H3. The molecule has 0 unspecified atom stereocenters. The van der Waals surface area contributed by atoms with Crippen LogP contribution in [0.25, 0.3) is 0 Å². The lowest BCUT2D eigenvalue weighted by Gasteiger charge is -2.30. The molecule has 0 aliphatic carbocycles. The molecule has 1 fully saturated rings. The number of ether oxygens (including phenoxy) is 1. The van der Waals surface area contributed by atoms with Gasteiger partial charge in [-0.05, 0) is 43.4 Å². The lowest BCUT2D eigenvalue weighted by atomic mass is 9.98. The van der Waals surface area contributed by atoms with Crippen molar-refractivity contribution < 1.29 is 9.26 Å². The SMILES string of the molecule is [B]c1ccc(OCC2CCN(c3nc(C(C)C)no3)CC2)c(C)n1. The highest BCUT2D eigenvalue weighted by atomic mass is 16.5. The average Bonchev–Trinajstić information content (AvgIpc) is 3.05. The van der Waals surface area contributed by atoms with Crippen LogP contribution in [0, 0.1) is 12.8 Å². The first-order valence-electron chi connectivity index (χ1n) is 8.47. The van der Waals surface area contributed by atoms with Crippen LogP contribution in [0.3, 0.4) is 0 Å². The predicted molar refractivity (Wildman–Crippen MR) is 93.2 cm³/mol. The van der Waals surface area contributed by atoms with Crippen molar-refractivity contribution in [1.82, 2.24) is 15.1 Å². The normalized spacial score (nSPS) is 15.9. The first kappa shape index (κ1) is 16.8. The second-order valence-electron chi connectivity index (χ2n) is 6.65. The van der Waals surface area contributed by atoms with Gasteiger partial charge in [0.1, 0.15) is 13.6 Å². The number of aryl methyl sites for hydroxylation is 1. The Kier molecular flexibility index (Phi) is 5.07. The van der Waals surface area contributed by atoms with Crippen molar-refractivity contribution in [2.75, 3.05) is 24.6 Å². The summed E-state index contributed by atoms with van der Waals surface area (Å²) in [5.41, 5.74) is 1.35. The van der Waals surface area contributed by atoms with Crippen molar-refractivity contribution in [3.05, 3.63) is 23.7 Å². The van der Waals surface area contributed by atoms with Gasteiger partial charge in [0.15, 0.2) is 5.82 Å². The number of aromatic nitrogens is 3. The van der Waals surface area contributed by atoms with E-state index in [1.54, 1.807) is 6.07 Å². The maximum atomic E-state index is 5.92. The largest absolute Gasteiger partial charge is 0.491 e. The van der Waals surface area contributed by atoms with Crippen molar-refractivity contribution in [2.45, 2.75) is 39.5 Å². The number of piperidine rings is 1. The summed E-state index contributed by atoms with van der Waals surface area (Å²) >= 11 is 0. The predicted octanol–water partition coefficient (Wildman–Crippen LogP) is 1.99. The minimum Gasteiger partial charge on any atom is -0.491 e. The van der Waals surface area contributed by atoms with Gasteiger partial charge in [0.2, 0.25) is 0 Å². The van der Waals surface area contributed by atoms with E-state index in [1.807, 2.05) is 13.0 Å². The van der Waals surface area contributed by atoms with Gasteiger partial charge in [0.25, 0.3) is 0 Å². The first-order chi connectivity index (χ1) is 11.5. The van der Waals surface area contributed by atoms with Crippen LogP contribution in [0.1, 0.15) is 44.1 Å². The molecule has 1 aliphatic rings. The van der Waals surface area contributed by atoms with E-state index in [4.69, 9.17) is 17.1 Å². The summed E-state index contributed by atoms with van der Waals surface area (Å²) in [4.78, 5) is 10.8. The molecule has 3 rings (SSSR count). The minimum absolute atomic E-state index is 0.283. The van der Waals surface area contributed by atoms with Crippen LogP contribution >= 0.6 is 0 Å². The third kappa shape index (κ3) is 3.89. The fourth-order valence-electron chi connectivity index (χ4n) is 2.81. The third-order valence-electron chi connectivity index (χ3n) is 4.37. The van der Waals surface area contributed by atoms with E-state index in [9.17, 15) is 0 Å². The van der Waals surface area contributed by atoms with Crippen LogP contribution in [0.15, 0.2) is 16.7 Å². The zero-order chi connectivity index (χ0) is 17.1. The summed E-state index contributed by atoms with van der Waals surface area (Å²) in [7, 11) is 5.67. The topological polar surface area (TPSA) is 64.3 Å². The van der Waals surface area contributed by atoms with Crippen LogP contribution in [0.4, 0.5) is 6.01 Å². The van der Waals surface area contributed by atoms with Crippen LogP contribution in [-0.4, -0.2) is 42.7 Å². The summed E-state index contributed by atoms with van der Waals surface area (Å²) in [6.07, 6.45) is 2.09. The quantitative estimate of drug-likeness (QED) is 0.783. The molecule has 7 heteroatoms. The van der Waals surface area contributed by atoms with Crippen LogP contribution in [-0.2, 0) is 0 Å². The van der Waals surface area contributed by atoms with Gasteiger partial charge in [-0.2, -0.15) is 4.98 Å². The summed E-state index contributed by atoms with van der Waals surface area (Å²) < 4.78 is 11.3. The van der Waals surface area contributed by atoms with Crippen molar-refractivity contribution in [3.63, 3.8) is 0 Å². The number of nitrogens with zero attached hydrogens (tertiary/aromatic N) is 4. The van der Waals surface area contributed by atoms with E-state index in [-0.39, 0.29) is 5.92 Å². The van der Waals surface area contributed by atoms with Gasteiger partial charge >= 0.3 is 6.01 Å². The molecule has 1 aliphatic heterocycles. The molecule has 2 aromatic heterocycles. The number of hydrogen-bond donors (Lipinski definition) is 0. The minimum atomic E-state index is 0.283. The molecule has 0 saturated carbocycles. The van der Waals surface area contributed by atoms with Gasteiger partial charge < -0.3 is 14.2 Å². The number of rotatable bonds is 5. The summed E-state index contributed by atoms with van der Waals surface area (Å²) in [5, 5.41) is 4.03. The molecule has 0 bridgehead atoms. The molecule has 24 heavy (non-hydrogen) atoms. The fraction of sp³-hybridized carbons (Fsp3) is 0.588. The average molecular weight is 326 g/mol. The molecule has 2 aromatic rings. The van der Waals surface area contributed by atoms with Gasteiger partial charge in [-0.3, -0.25) is 4.98 Å². The maximum absolute atomic E-state index is 5.92. The summed E-state index contributed by atoms with van der Waals surface area (Å²) in [6, 6.07) is 4.29. The van der Waals surface area contributed by atoms with E-state index in [0.717, 1.165) is 43.2 Å². The molecule has 0 aromatic carbocycles. The fourth-order valence-corrected chi connectivity index (χ4v) is 2.81. The zero-order valence-electron chi connectivity index (χ0n) is 14.5. The van der Waals surface area contributed by atoms with Gasteiger partial charge in [0, 0.05) is 19.0 Å². The Bertz CT molecular complexity index is 681. The number of pyridine rings is 1. The highest BCUT2D eigenvalue weighted by Crippen LogP contribution is 2.24.